The monoisotopic (exact) mass is 145 g/mol. The summed E-state index contributed by atoms with van der Waals surface area (Å²) in [5.41, 5.74) is -0.633. The number of halogens is 3. The Kier molecular flexibility index (Phi) is 1.83. The van der Waals surface area contributed by atoms with Crippen LogP contribution in [-0.2, 0) is 0 Å². The van der Waals surface area contributed by atoms with Crippen molar-refractivity contribution in [2.24, 2.45) is 0 Å². The molecule has 0 aromatic rings. The minimum Gasteiger partial charge on any atom is -0.166 e. The van der Waals surface area contributed by atoms with E-state index in [1.54, 1.807) is 0 Å². The molecule has 0 saturated heterocycles. The van der Waals surface area contributed by atoms with Crippen molar-refractivity contribution < 1.29 is 13.2 Å². The van der Waals surface area contributed by atoms with Crippen LogP contribution in [0.15, 0.2) is 17.7 Å². The van der Waals surface area contributed by atoms with Crippen molar-refractivity contribution in [1.82, 2.24) is 0 Å². The Morgan fingerprint density at radius 3 is 2.40 bits per heavy atom. The molecular formula is C7H4F3. The van der Waals surface area contributed by atoms with Gasteiger partial charge >= 0.3 is 6.18 Å². The van der Waals surface area contributed by atoms with E-state index in [2.05, 4.69) is 12.5 Å². The summed E-state index contributed by atoms with van der Waals surface area (Å²) < 4.78 is 35.3. The number of hydrogen-bond donors (Lipinski definition) is 0. The number of hydrogen-bond acceptors (Lipinski definition) is 0. The van der Waals surface area contributed by atoms with E-state index in [0.717, 1.165) is 12.2 Å². The van der Waals surface area contributed by atoms with E-state index >= 15 is 0 Å². The Hall–Kier alpha value is -0.730. The normalized spacial score (nSPS) is 18.9. The number of rotatable bonds is 0. The molecule has 3 radical (unpaired) electrons. The van der Waals surface area contributed by atoms with E-state index in [4.69, 9.17) is 0 Å². The lowest BCUT2D eigenvalue weighted by molar-refractivity contribution is -0.0885. The molecular weight excluding hydrogens is 141 g/mol. The Bertz CT molecular complexity index is 174. The summed E-state index contributed by atoms with van der Waals surface area (Å²) in [6, 6.07) is 0. The molecule has 0 heterocycles. The fraction of sp³-hybridized carbons (Fsp3) is 0.286. The van der Waals surface area contributed by atoms with Crippen LogP contribution in [0.25, 0.3) is 0 Å². The molecule has 1 rings (SSSR count). The maximum atomic E-state index is 11.8. The fourth-order valence-corrected chi connectivity index (χ4v) is 0.605. The third-order valence-electron chi connectivity index (χ3n) is 1.08. The van der Waals surface area contributed by atoms with E-state index in [1.807, 2.05) is 0 Å². The smallest absolute Gasteiger partial charge is 0.166 e. The van der Waals surface area contributed by atoms with Crippen molar-refractivity contribution in [1.29, 1.82) is 0 Å². The van der Waals surface area contributed by atoms with Crippen LogP contribution in [0.5, 0.6) is 0 Å². The second-order valence-corrected chi connectivity index (χ2v) is 1.83. The largest absolute Gasteiger partial charge is 0.416 e. The third-order valence-corrected chi connectivity index (χ3v) is 1.08. The van der Waals surface area contributed by atoms with E-state index < -0.39 is 11.7 Å². The van der Waals surface area contributed by atoms with Crippen molar-refractivity contribution in [3.63, 3.8) is 0 Å². The van der Waals surface area contributed by atoms with Gasteiger partial charge in [-0.25, -0.2) is 0 Å². The molecule has 0 unspecified atom stereocenters. The summed E-state index contributed by atoms with van der Waals surface area (Å²) in [6.45, 7) is 0. The molecule has 0 nitrogen and oxygen atoms in total. The zero-order valence-corrected chi connectivity index (χ0v) is 5.00. The van der Waals surface area contributed by atoms with Gasteiger partial charge in [-0.05, 0) is 18.6 Å². The maximum Gasteiger partial charge on any atom is 0.416 e. The molecule has 53 valence electrons. The first kappa shape index (κ1) is 7.38. The van der Waals surface area contributed by atoms with Gasteiger partial charge in [0.2, 0.25) is 0 Å². The maximum absolute atomic E-state index is 11.8. The van der Waals surface area contributed by atoms with Crippen LogP contribution in [-0.4, -0.2) is 6.18 Å². The molecule has 0 fully saturated rings. The van der Waals surface area contributed by atoms with Crippen LogP contribution < -0.4 is 0 Å². The quantitative estimate of drug-likeness (QED) is 0.490. The van der Waals surface area contributed by atoms with Gasteiger partial charge in [-0.15, -0.1) is 0 Å². The van der Waals surface area contributed by atoms with Crippen molar-refractivity contribution in [3.8, 4) is 0 Å². The number of allylic oxidation sites excluding steroid dienone is 4. The van der Waals surface area contributed by atoms with Crippen LogP contribution in [0, 0.1) is 12.5 Å². The second kappa shape index (κ2) is 2.48. The second-order valence-electron chi connectivity index (χ2n) is 1.83. The summed E-state index contributed by atoms with van der Waals surface area (Å²) in [5, 5.41) is 0. The fourth-order valence-electron chi connectivity index (χ4n) is 0.605. The van der Waals surface area contributed by atoms with Gasteiger partial charge < -0.3 is 0 Å². The Morgan fingerprint density at radius 1 is 1.40 bits per heavy atom. The van der Waals surface area contributed by atoms with Gasteiger partial charge in [0, 0.05) is 6.42 Å². The molecule has 0 aromatic carbocycles. The zero-order chi connectivity index (χ0) is 7.61. The third kappa shape index (κ3) is 1.62. The van der Waals surface area contributed by atoms with Gasteiger partial charge in [-0.1, -0.05) is 6.08 Å². The Morgan fingerprint density at radius 2 is 2.10 bits per heavy atom. The highest BCUT2D eigenvalue weighted by molar-refractivity contribution is 5.27. The molecule has 3 heteroatoms. The van der Waals surface area contributed by atoms with Gasteiger partial charge in [0.05, 0.1) is 5.57 Å². The van der Waals surface area contributed by atoms with Crippen LogP contribution in [0.1, 0.15) is 6.42 Å². The molecule has 0 spiro atoms. The molecule has 1 aliphatic rings. The van der Waals surface area contributed by atoms with Gasteiger partial charge in [0.1, 0.15) is 0 Å². The van der Waals surface area contributed by atoms with Crippen LogP contribution >= 0.6 is 0 Å². The molecule has 0 bridgehead atoms. The van der Waals surface area contributed by atoms with E-state index in [-0.39, 0.29) is 6.42 Å². The SMILES string of the molecule is FC(F)(F)C1=CC[C][C]=C1. The van der Waals surface area contributed by atoms with Crippen LogP contribution in [0.3, 0.4) is 0 Å². The predicted octanol–water partition coefficient (Wildman–Crippen LogP) is 2.32. The molecule has 0 N–H and O–H groups in total. The van der Waals surface area contributed by atoms with E-state index in [0.29, 0.717) is 0 Å². The van der Waals surface area contributed by atoms with Crippen molar-refractivity contribution in [2.75, 3.05) is 0 Å². The van der Waals surface area contributed by atoms with Gasteiger partial charge in [0.25, 0.3) is 0 Å². The first-order valence-electron chi connectivity index (χ1n) is 2.69. The van der Waals surface area contributed by atoms with Gasteiger partial charge in [-0.2, -0.15) is 13.2 Å². The number of alkyl halides is 3. The molecule has 10 heavy (non-hydrogen) atoms. The average Bonchev–Trinajstić information content (AvgIpc) is 1.88. The molecule has 1 aliphatic carbocycles. The molecule has 0 aliphatic heterocycles. The van der Waals surface area contributed by atoms with Crippen molar-refractivity contribution in [3.05, 3.63) is 30.2 Å². The van der Waals surface area contributed by atoms with Crippen molar-refractivity contribution >= 4 is 0 Å². The molecule has 0 amide bonds. The summed E-state index contributed by atoms with van der Waals surface area (Å²) in [6.07, 6.45) is 2.73. The standard InChI is InChI=1S/C7H4F3/c8-7(9,10)6-4-2-1-3-5-6/h4-5H,2H2. The summed E-state index contributed by atoms with van der Waals surface area (Å²) >= 11 is 0. The molecule has 0 aromatic heterocycles. The van der Waals surface area contributed by atoms with Crippen molar-refractivity contribution in [2.45, 2.75) is 12.6 Å². The minimum atomic E-state index is -4.23. The predicted molar refractivity (Wildman–Crippen MR) is 29.8 cm³/mol. The van der Waals surface area contributed by atoms with Crippen LogP contribution in [0.4, 0.5) is 13.2 Å². The van der Waals surface area contributed by atoms with E-state index in [1.165, 1.54) is 0 Å². The first-order chi connectivity index (χ1) is 4.61. The lowest BCUT2D eigenvalue weighted by Crippen LogP contribution is -2.11. The minimum absolute atomic E-state index is 0.200. The van der Waals surface area contributed by atoms with Gasteiger partial charge in [-0.3, -0.25) is 0 Å². The summed E-state index contributed by atoms with van der Waals surface area (Å²) in [4.78, 5) is 0. The Balaban J connectivity index is 2.73. The molecule has 0 atom stereocenters. The Labute approximate surface area is 57.0 Å². The van der Waals surface area contributed by atoms with E-state index in [9.17, 15) is 13.2 Å². The highest BCUT2D eigenvalue weighted by atomic mass is 19.4. The molecule has 0 saturated carbocycles. The zero-order valence-electron chi connectivity index (χ0n) is 5.00. The lowest BCUT2D eigenvalue weighted by atomic mass is 10.1. The average molecular weight is 145 g/mol. The van der Waals surface area contributed by atoms with Crippen LogP contribution in [0.2, 0.25) is 0 Å². The summed E-state index contributed by atoms with van der Waals surface area (Å²) in [5.74, 6) is 0. The topological polar surface area (TPSA) is 0 Å². The lowest BCUT2D eigenvalue weighted by Gasteiger charge is -2.08. The highest BCUT2D eigenvalue weighted by Gasteiger charge is 2.31. The van der Waals surface area contributed by atoms with Gasteiger partial charge in [0.15, 0.2) is 0 Å². The summed E-state index contributed by atoms with van der Waals surface area (Å²) in [7, 11) is 0. The first-order valence-corrected chi connectivity index (χ1v) is 2.69. The highest BCUT2D eigenvalue weighted by Crippen LogP contribution is 2.28.